The summed E-state index contributed by atoms with van der Waals surface area (Å²) >= 11 is 0. The fraction of sp³-hybridized carbons (Fsp3) is 0.500. The van der Waals surface area contributed by atoms with Gasteiger partial charge in [0.15, 0.2) is 5.78 Å². The third-order valence-corrected chi connectivity index (χ3v) is 3.20. The summed E-state index contributed by atoms with van der Waals surface area (Å²) in [5.41, 5.74) is 0.536. The minimum atomic E-state index is 0.0554. The highest BCUT2D eigenvalue weighted by molar-refractivity contribution is 6.01. The Morgan fingerprint density at radius 3 is 2.50 bits per heavy atom. The van der Waals surface area contributed by atoms with Crippen molar-refractivity contribution in [2.24, 2.45) is 5.92 Å². The largest absolute Gasteiger partial charge is 0.496 e. The quantitative estimate of drug-likeness (QED) is 0.752. The molecule has 0 bridgehead atoms. The van der Waals surface area contributed by atoms with Crippen LogP contribution in [0.15, 0.2) is 18.2 Å². The van der Waals surface area contributed by atoms with Gasteiger partial charge < -0.3 is 14.2 Å². The van der Waals surface area contributed by atoms with E-state index in [1.165, 1.54) is 0 Å². The van der Waals surface area contributed by atoms with Gasteiger partial charge in [0, 0.05) is 19.6 Å². The van der Waals surface area contributed by atoms with Crippen molar-refractivity contribution in [3.05, 3.63) is 23.8 Å². The minimum Gasteiger partial charge on any atom is -0.496 e. The van der Waals surface area contributed by atoms with Crippen molar-refractivity contribution in [2.45, 2.75) is 12.8 Å². The molecule has 1 unspecified atom stereocenters. The van der Waals surface area contributed by atoms with E-state index in [2.05, 4.69) is 0 Å². The zero-order valence-electron chi connectivity index (χ0n) is 10.8. The molecule has 0 radical (unpaired) electrons. The van der Waals surface area contributed by atoms with Crippen molar-refractivity contribution in [1.29, 1.82) is 0 Å². The highest BCUT2D eigenvalue weighted by Crippen LogP contribution is 2.31. The predicted octanol–water partition coefficient (Wildman–Crippen LogP) is 2.31. The van der Waals surface area contributed by atoms with Gasteiger partial charge in [-0.2, -0.15) is 0 Å². The molecule has 1 aromatic carbocycles. The van der Waals surface area contributed by atoms with Crippen LogP contribution >= 0.6 is 0 Å². The Labute approximate surface area is 107 Å². The Morgan fingerprint density at radius 1 is 1.33 bits per heavy atom. The van der Waals surface area contributed by atoms with Crippen LogP contribution in [0.2, 0.25) is 0 Å². The molecule has 2 rings (SSSR count). The van der Waals surface area contributed by atoms with Crippen molar-refractivity contribution >= 4 is 5.78 Å². The second kappa shape index (κ2) is 5.87. The lowest BCUT2D eigenvalue weighted by molar-refractivity contribution is 0.0946. The van der Waals surface area contributed by atoms with Crippen LogP contribution in [0.3, 0.4) is 0 Å². The standard InChI is InChI=1S/C14H18O4/c1-16-12-4-3-5-13(17-2)14(12)11(15)8-10-6-7-18-9-10/h3-5,10H,6-9H2,1-2H3. The fourth-order valence-electron chi connectivity index (χ4n) is 2.23. The average molecular weight is 250 g/mol. The topological polar surface area (TPSA) is 44.8 Å². The Hall–Kier alpha value is -1.55. The monoisotopic (exact) mass is 250 g/mol. The van der Waals surface area contributed by atoms with Crippen molar-refractivity contribution in [2.75, 3.05) is 27.4 Å². The van der Waals surface area contributed by atoms with Gasteiger partial charge in [0.1, 0.15) is 17.1 Å². The van der Waals surface area contributed by atoms with Crippen molar-refractivity contribution in [3.8, 4) is 11.5 Å². The summed E-state index contributed by atoms with van der Waals surface area (Å²) in [6.07, 6.45) is 1.43. The van der Waals surface area contributed by atoms with E-state index in [9.17, 15) is 4.79 Å². The maximum absolute atomic E-state index is 12.3. The van der Waals surface area contributed by atoms with E-state index in [4.69, 9.17) is 14.2 Å². The molecular formula is C14H18O4. The van der Waals surface area contributed by atoms with Gasteiger partial charge in [0.25, 0.3) is 0 Å². The zero-order valence-corrected chi connectivity index (χ0v) is 10.8. The second-order valence-corrected chi connectivity index (χ2v) is 4.39. The lowest BCUT2D eigenvalue weighted by Gasteiger charge is -2.13. The van der Waals surface area contributed by atoms with Crippen LogP contribution in [-0.2, 0) is 4.74 Å². The Morgan fingerprint density at radius 2 is 2.00 bits per heavy atom. The first-order valence-corrected chi connectivity index (χ1v) is 6.08. The van der Waals surface area contributed by atoms with E-state index >= 15 is 0 Å². The maximum Gasteiger partial charge on any atom is 0.170 e. The number of hydrogen-bond acceptors (Lipinski definition) is 4. The summed E-state index contributed by atoms with van der Waals surface area (Å²) in [5.74, 6) is 1.50. The van der Waals surface area contributed by atoms with E-state index in [0.717, 1.165) is 13.0 Å². The number of methoxy groups -OCH3 is 2. The molecule has 1 heterocycles. The molecule has 0 amide bonds. The van der Waals surface area contributed by atoms with Crippen LogP contribution in [0.25, 0.3) is 0 Å². The van der Waals surface area contributed by atoms with Crippen LogP contribution in [0.1, 0.15) is 23.2 Å². The number of carbonyl (C=O) groups excluding carboxylic acids is 1. The number of Topliss-reactive ketones (excluding diaryl/α,β-unsaturated/α-hetero) is 1. The van der Waals surface area contributed by atoms with E-state index in [-0.39, 0.29) is 5.78 Å². The Bertz CT molecular complexity index is 400. The number of carbonyl (C=O) groups is 1. The maximum atomic E-state index is 12.3. The van der Waals surface area contributed by atoms with Crippen LogP contribution in [0.5, 0.6) is 11.5 Å². The molecule has 4 nitrogen and oxygen atoms in total. The number of hydrogen-bond donors (Lipinski definition) is 0. The molecule has 4 heteroatoms. The van der Waals surface area contributed by atoms with Gasteiger partial charge in [-0.3, -0.25) is 4.79 Å². The normalized spacial score (nSPS) is 18.7. The first kappa shape index (κ1) is 12.9. The lowest BCUT2D eigenvalue weighted by atomic mass is 9.96. The molecule has 98 valence electrons. The minimum absolute atomic E-state index is 0.0554. The summed E-state index contributed by atoms with van der Waals surface area (Å²) in [6.45, 7) is 1.42. The van der Waals surface area contributed by atoms with Gasteiger partial charge in [0.05, 0.1) is 14.2 Å². The van der Waals surface area contributed by atoms with Gasteiger partial charge in [-0.1, -0.05) is 6.07 Å². The van der Waals surface area contributed by atoms with Gasteiger partial charge in [-0.15, -0.1) is 0 Å². The number of ketones is 1. The molecule has 0 aliphatic carbocycles. The van der Waals surface area contributed by atoms with E-state index in [1.807, 2.05) is 6.07 Å². The molecule has 0 saturated carbocycles. The zero-order chi connectivity index (χ0) is 13.0. The summed E-state index contributed by atoms with van der Waals surface area (Å²) in [4.78, 5) is 12.3. The Balaban J connectivity index is 2.21. The molecule has 1 aromatic rings. The third-order valence-electron chi connectivity index (χ3n) is 3.20. The van der Waals surface area contributed by atoms with Crippen LogP contribution in [0.4, 0.5) is 0 Å². The van der Waals surface area contributed by atoms with Gasteiger partial charge in [-0.25, -0.2) is 0 Å². The molecule has 1 saturated heterocycles. The summed E-state index contributed by atoms with van der Waals surface area (Å²) < 4.78 is 15.8. The number of ether oxygens (including phenoxy) is 3. The van der Waals surface area contributed by atoms with Gasteiger partial charge >= 0.3 is 0 Å². The summed E-state index contributed by atoms with van der Waals surface area (Å²) in [5, 5.41) is 0. The molecule has 0 spiro atoms. The smallest absolute Gasteiger partial charge is 0.170 e. The van der Waals surface area contributed by atoms with Crippen molar-refractivity contribution in [1.82, 2.24) is 0 Å². The second-order valence-electron chi connectivity index (χ2n) is 4.39. The van der Waals surface area contributed by atoms with E-state index in [1.54, 1.807) is 26.4 Å². The lowest BCUT2D eigenvalue weighted by Crippen LogP contribution is -2.11. The molecule has 0 aromatic heterocycles. The number of benzene rings is 1. The fourth-order valence-corrected chi connectivity index (χ4v) is 2.23. The average Bonchev–Trinajstić information content (AvgIpc) is 2.90. The van der Waals surface area contributed by atoms with Crippen LogP contribution in [-0.4, -0.2) is 33.2 Å². The van der Waals surface area contributed by atoms with E-state index < -0.39 is 0 Å². The highest BCUT2D eigenvalue weighted by atomic mass is 16.5. The molecular weight excluding hydrogens is 232 g/mol. The van der Waals surface area contributed by atoms with Crippen LogP contribution in [0, 0.1) is 5.92 Å². The van der Waals surface area contributed by atoms with Gasteiger partial charge in [0.2, 0.25) is 0 Å². The summed E-state index contributed by atoms with van der Waals surface area (Å²) in [7, 11) is 3.12. The molecule has 1 fully saturated rings. The SMILES string of the molecule is COc1cccc(OC)c1C(=O)CC1CCOC1. The molecule has 1 atom stereocenters. The first-order valence-electron chi connectivity index (χ1n) is 6.08. The van der Waals surface area contributed by atoms with Crippen LogP contribution < -0.4 is 9.47 Å². The molecule has 0 N–H and O–H groups in total. The molecule has 1 aliphatic heterocycles. The van der Waals surface area contributed by atoms with Crippen molar-refractivity contribution < 1.29 is 19.0 Å². The molecule has 18 heavy (non-hydrogen) atoms. The molecule has 1 aliphatic rings. The first-order chi connectivity index (χ1) is 8.76. The summed E-state index contributed by atoms with van der Waals surface area (Å²) in [6, 6.07) is 5.37. The highest BCUT2D eigenvalue weighted by Gasteiger charge is 2.24. The Kier molecular flexibility index (Phi) is 4.20. The number of rotatable bonds is 5. The van der Waals surface area contributed by atoms with Crippen molar-refractivity contribution in [3.63, 3.8) is 0 Å². The van der Waals surface area contributed by atoms with E-state index in [0.29, 0.717) is 36.0 Å². The third kappa shape index (κ3) is 2.64. The van der Waals surface area contributed by atoms with Gasteiger partial charge in [-0.05, 0) is 24.5 Å². The predicted molar refractivity (Wildman–Crippen MR) is 67.4 cm³/mol.